The van der Waals surface area contributed by atoms with Gasteiger partial charge < -0.3 is 20.1 Å². The van der Waals surface area contributed by atoms with Gasteiger partial charge in [-0.2, -0.15) is 0 Å². The highest BCUT2D eigenvalue weighted by Gasteiger charge is 2.27. The van der Waals surface area contributed by atoms with Crippen molar-refractivity contribution in [3.8, 4) is 0 Å². The second kappa shape index (κ2) is 8.64. The maximum absolute atomic E-state index is 11.9. The molecule has 0 unspecified atom stereocenters. The number of piperidine rings is 1. The average Bonchev–Trinajstić information content (AvgIpc) is 2.53. The molecule has 0 radical (unpaired) electrons. The van der Waals surface area contributed by atoms with Crippen LogP contribution in [0, 0.1) is 0 Å². The summed E-state index contributed by atoms with van der Waals surface area (Å²) in [4.78, 5) is 11.9. The molecule has 5 nitrogen and oxygen atoms in total. The van der Waals surface area contributed by atoms with Gasteiger partial charge in [0.2, 0.25) is 0 Å². The standard InChI is InChI=1S/C16H24N2O3/c1-2-10-20-15-11-17-9-8-14(15)18-16(19)21-12-13-6-4-3-5-7-13/h3-7,14-15,17H,2,8-12H2,1H3,(H,18,19)/t14-,15-/m0/s1. The Labute approximate surface area is 126 Å². The van der Waals surface area contributed by atoms with Gasteiger partial charge in [-0.3, -0.25) is 0 Å². The smallest absolute Gasteiger partial charge is 0.407 e. The van der Waals surface area contributed by atoms with Crippen molar-refractivity contribution in [2.45, 2.75) is 38.5 Å². The normalized spacial score (nSPS) is 21.8. The Balaban J connectivity index is 1.77. The van der Waals surface area contributed by atoms with Crippen LogP contribution in [0.2, 0.25) is 0 Å². The van der Waals surface area contributed by atoms with Crippen molar-refractivity contribution in [2.75, 3.05) is 19.7 Å². The van der Waals surface area contributed by atoms with Gasteiger partial charge in [-0.15, -0.1) is 0 Å². The van der Waals surface area contributed by atoms with Crippen molar-refractivity contribution in [1.29, 1.82) is 0 Å². The zero-order chi connectivity index (χ0) is 14.9. The lowest BCUT2D eigenvalue weighted by Gasteiger charge is -2.32. The van der Waals surface area contributed by atoms with Gasteiger partial charge in [0.15, 0.2) is 0 Å². The molecule has 21 heavy (non-hydrogen) atoms. The van der Waals surface area contributed by atoms with Gasteiger partial charge in [-0.05, 0) is 24.9 Å². The molecule has 0 aromatic heterocycles. The summed E-state index contributed by atoms with van der Waals surface area (Å²) in [5.74, 6) is 0. The molecule has 1 aliphatic heterocycles. The van der Waals surface area contributed by atoms with Crippen LogP contribution in [0.3, 0.4) is 0 Å². The number of nitrogens with one attached hydrogen (secondary N) is 2. The molecule has 116 valence electrons. The molecule has 1 saturated heterocycles. The highest BCUT2D eigenvalue weighted by Crippen LogP contribution is 2.09. The summed E-state index contributed by atoms with van der Waals surface area (Å²) in [6, 6.07) is 9.68. The molecule has 1 fully saturated rings. The van der Waals surface area contributed by atoms with E-state index >= 15 is 0 Å². The topological polar surface area (TPSA) is 59.6 Å². The fourth-order valence-electron chi connectivity index (χ4n) is 2.36. The molecule has 1 aromatic carbocycles. The molecule has 0 saturated carbocycles. The molecule has 1 aliphatic rings. The summed E-state index contributed by atoms with van der Waals surface area (Å²) in [6.07, 6.45) is 1.47. The molecular weight excluding hydrogens is 268 g/mol. The maximum Gasteiger partial charge on any atom is 0.407 e. The first-order valence-electron chi connectivity index (χ1n) is 7.59. The third kappa shape index (κ3) is 5.36. The highest BCUT2D eigenvalue weighted by atomic mass is 16.5. The van der Waals surface area contributed by atoms with Crippen LogP contribution in [-0.2, 0) is 16.1 Å². The minimum Gasteiger partial charge on any atom is -0.445 e. The van der Waals surface area contributed by atoms with E-state index < -0.39 is 0 Å². The molecule has 2 N–H and O–H groups in total. The minimum absolute atomic E-state index is 0.0149. The lowest BCUT2D eigenvalue weighted by atomic mass is 10.0. The van der Waals surface area contributed by atoms with Crippen LogP contribution in [0.1, 0.15) is 25.3 Å². The largest absolute Gasteiger partial charge is 0.445 e. The Morgan fingerprint density at radius 2 is 2.19 bits per heavy atom. The molecule has 1 heterocycles. The summed E-state index contributed by atoms with van der Waals surface area (Å²) < 4.78 is 11.0. The van der Waals surface area contributed by atoms with E-state index in [0.717, 1.165) is 31.5 Å². The zero-order valence-corrected chi connectivity index (χ0v) is 12.5. The van der Waals surface area contributed by atoms with Gasteiger partial charge in [-0.25, -0.2) is 4.79 Å². The van der Waals surface area contributed by atoms with Crippen molar-refractivity contribution in [2.24, 2.45) is 0 Å². The molecule has 5 heteroatoms. The summed E-state index contributed by atoms with van der Waals surface area (Å²) in [6.45, 7) is 4.73. The van der Waals surface area contributed by atoms with E-state index in [1.54, 1.807) is 0 Å². The van der Waals surface area contributed by atoms with Crippen LogP contribution in [0.4, 0.5) is 4.79 Å². The number of hydrogen-bond acceptors (Lipinski definition) is 4. The minimum atomic E-state index is -0.379. The van der Waals surface area contributed by atoms with Crippen LogP contribution < -0.4 is 10.6 Å². The second-order valence-corrected chi connectivity index (χ2v) is 5.21. The van der Waals surface area contributed by atoms with E-state index in [1.807, 2.05) is 30.3 Å². The quantitative estimate of drug-likeness (QED) is 0.842. The number of carbonyl (C=O) groups excluding carboxylic acids is 1. The lowest BCUT2D eigenvalue weighted by molar-refractivity contribution is 0.0129. The van der Waals surface area contributed by atoms with E-state index in [1.165, 1.54) is 0 Å². The molecule has 0 bridgehead atoms. The molecule has 1 amide bonds. The molecule has 0 spiro atoms. The lowest BCUT2D eigenvalue weighted by Crippen LogP contribution is -2.54. The van der Waals surface area contributed by atoms with Crippen molar-refractivity contribution < 1.29 is 14.3 Å². The van der Waals surface area contributed by atoms with Gasteiger partial charge in [0.25, 0.3) is 0 Å². The van der Waals surface area contributed by atoms with E-state index in [-0.39, 0.29) is 24.8 Å². The van der Waals surface area contributed by atoms with Crippen LogP contribution in [0.15, 0.2) is 30.3 Å². The van der Waals surface area contributed by atoms with Crippen LogP contribution in [0.25, 0.3) is 0 Å². The Hall–Kier alpha value is -1.59. The number of benzene rings is 1. The van der Waals surface area contributed by atoms with Crippen LogP contribution in [-0.4, -0.2) is 37.9 Å². The second-order valence-electron chi connectivity index (χ2n) is 5.21. The van der Waals surface area contributed by atoms with Crippen molar-refractivity contribution in [1.82, 2.24) is 10.6 Å². The molecule has 0 aliphatic carbocycles. The Bertz CT molecular complexity index is 425. The molecule has 2 rings (SSSR count). The first-order valence-corrected chi connectivity index (χ1v) is 7.59. The van der Waals surface area contributed by atoms with Crippen LogP contribution >= 0.6 is 0 Å². The number of alkyl carbamates (subject to hydrolysis) is 1. The number of amides is 1. The Kier molecular flexibility index (Phi) is 6.50. The van der Waals surface area contributed by atoms with Crippen molar-refractivity contribution in [3.63, 3.8) is 0 Å². The number of ether oxygens (including phenoxy) is 2. The fourth-order valence-corrected chi connectivity index (χ4v) is 2.36. The van der Waals surface area contributed by atoms with E-state index in [2.05, 4.69) is 17.6 Å². The third-order valence-electron chi connectivity index (χ3n) is 3.48. The SMILES string of the molecule is CCCO[C@H]1CNCC[C@@H]1NC(=O)OCc1ccccc1. The summed E-state index contributed by atoms with van der Waals surface area (Å²) in [7, 11) is 0. The van der Waals surface area contributed by atoms with E-state index in [9.17, 15) is 4.79 Å². The summed E-state index contributed by atoms with van der Waals surface area (Å²) in [5.41, 5.74) is 0.983. The summed E-state index contributed by atoms with van der Waals surface area (Å²) >= 11 is 0. The van der Waals surface area contributed by atoms with Gasteiger partial charge in [0.05, 0.1) is 12.1 Å². The third-order valence-corrected chi connectivity index (χ3v) is 3.48. The highest BCUT2D eigenvalue weighted by molar-refractivity contribution is 5.67. The number of carbonyl (C=O) groups is 1. The first-order chi connectivity index (χ1) is 10.3. The summed E-state index contributed by atoms with van der Waals surface area (Å²) in [5, 5.41) is 6.21. The predicted molar refractivity (Wildman–Crippen MR) is 81.1 cm³/mol. The number of rotatable bonds is 6. The van der Waals surface area contributed by atoms with Gasteiger partial charge in [0, 0.05) is 13.2 Å². The predicted octanol–water partition coefficient (Wildman–Crippen LogP) is 2.07. The number of hydrogen-bond donors (Lipinski definition) is 2. The van der Waals surface area contributed by atoms with Crippen molar-refractivity contribution >= 4 is 6.09 Å². The van der Waals surface area contributed by atoms with Gasteiger partial charge >= 0.3 is 6.09 Å². The molecule has 2 atom stereocenters. The first kappa shape index (κ1) is 15.8. The fraction of sp³-hybridized carbons (Fsp3) is 0.562. The Morgan fingerprint density at radius 1 is 1.38 bits per heavy atom. The zero-order valence-electron chi connectivity index (χ0n) is 12.5. The van der Waals surface area contributed by atoms with Gasteiger partial charge in [-0.1, -0.05) is 37.3 Å². The van der Waals surface area contributed by atoms with Crippen LogP contribution in [0.5, 0.6) is 0 Å². The molecular formula is C16H24N2O3. The monoisotopic (exact) mass is 292 g/mol. The molecule has 1 aromatic rings. The maximum atomic E-state index is 11.9. The Morgan fingerprint density at radius 3 is 2.95 bits per heavy atom. The van der Waals surface area contributed by atoms with Gasteiger partial charge in [0.1, 0.15) is 6.61 Å². The van der Waals surface area contributed by atoms with Crippen molar-refractivity contribution in [3.05, 3.63) is 35.9 Å². The van der Waals surface area contributed by atoms with E-state index in [0.29, 0.717) is 6.61 Å². The average molecular weight is 292 g/mol. The van der Waals surface area contributed by atoms with E-state index in [4.69, 9.17) is 9.47 Å².